The molecule has 5 nitrogen and oxygen atoms in total. The van der Waals surface area contributed by atoms with Gasteiger partial charge in [-0.3, -0.25) is 4.79 Å². The lowest BCUT2D eigenvalue weighted by Crippen LogP contribution is -2.42. The van der Waals surface area contributed by atoms with Crippen LogP contribution in [0.1, 0.15) is 42.0 Å². The van der Waals surface area contributed by atoms with Gasteiger partial charge in [0.25, 0.3) is 5.60 Å². The zero-order valence-electron chi connectivity index (χ0n) is 17.0. The topological polar surface area (TPSA) is 59.9 Å². The summed E-state index contributed by atoms with van der Waals surface area (Å²) in [6.07, 6.45) is -4.44. The van der Waals surface area contributed by atoms with E-state index < -0.39 is 18.2 Å². The van der Waals surface area contributed by atoms with Gasteiger partial charge in [-0.25, -0.2) is 0 Å². The van der Waals surface area contributed by atoms with E-state index in [0.717, 1.165) is 11.1 Å². The fourth-order valence-electron chi connectivity index (χ4n) is 3.92. The third-order valence-corrected chi connectivity index (χ3v) is 6.00. The van der Waals surface area contributed by atoms with Crippen molar-refractivity contribution in [3.05, 3.63) is 62.6 Å². The Kier molecular flexibility index (Phi) is 6.02. The number of hydrogen-bond donors (Lipinski definition) is 1. The fourth-order valence-corrected chi connectivity index (χ4v) is 4.45. The molecule has 1 N–H and O–H groups in total. The van der Waals surface area contributed by atoms with E-state index in [9.17, 15) is 18.0 Å². The van der Waals surface area contributed by atoms with Crippen LogP contribution >= 0.6 is 23.2 Å². The summed E-state index contributed by atoms with van der Waals surface area (Å²) in [5.74, 6) is 0.460. The van der Waals surface area contributed by atoms with E-state index >= 15 is 0 Å². The van der Waals surface area contributed by atoms with Crippen molar-refractivity contribution in [3.63, 3.8) is 0 Å². The molecule has 0 aromatic heterocycles. The number of hydrogen-bond acceptors (Lipinski definition) is 4. The Morgan fingerprint density at radius 3 is 2.59 bits per heavy atom. The highest BCUT2D eigenvalue weighted by atomic mass is 35.5. The number of alkyl halides is 3. The molecule has 1 amide bonds. The number of rotatable bonds is 5. The van der Waals surface area contributed by atoms with Gasteiger partial charge in [0, 0.05) is 58.1 Å². The van der Waals surface area contributed by atoms with Crippen LogP contribution < -0.4 is 10.1 Å². The van der Waals surface area contributed by atoms with Crippen molar-refractivity contribution in [2.45, 2.75) is 44.5 Å². The van der Waals surface area contributed by atoms with Gasteiger partial charge in [-0.2, -0.15) is 13.2 Å². The molecule has 0 spiro atoms. The third kappa shape index (κ3) is 4.01. The number of carbonyl (C=O) groups is 1. The number of nitrogens with zero attached hydrogens (tertiary/aromatic N) is 1. The highest BCUT2D eigenvalue weighted by molar-refractivity contribution is 6.34. The molecule has 0 fully saturated rings. The molecule has 0 bridgehead atoms. The first-order valence-corrected chi connectivity index (χ1v) is 10.7. The van der Waals surface area contributed by atoms with Crippen LogP contribution in [0.5, 0.6) is 5.75 Å². The molecule has 10 heteroatoms. The van der Waals surface area contributed by atoms with Gasteiger partial charge in [0.15, 0.2) is 0 Å². The molecule has 2 aliphatic rings. The first-order valence-electron chi connectivity index (χ1n) is 9.97. The van der Waals surface area contributed by atoms with Gasteiger partial charge < -0.3 is 14.9 Å². The first-order chi connectivity index (χ1) is 15.1. The van der Waals surface area contributed by atoms with E-state index in [2.05, 4.69) is 10.5 Å². The van der Waals surface area contributed by atoms with E-state index in [0.29, 0.717) is 30.8 Å². The zero-order chi connectivity index (χ0) is 23.1. The molecule has 0 unspecified atom stereocenters. The van der Waals surface area contributed by atoms with Crippen molar-refractivity contribution in [2.75, 3.05) is 6.61 Å². The molecule has 4 rings (SSSR count). The second-order valence-corrected chi connectivity index (χ2v) is 8.47. The van der Waals surface area contributed by atoms with Crippen molar-refractivity contribution < 1.29 is 27.5 Å². The maximum Gasteiger partial charge on any atom is 0.435 e. The third-order valence-electron chi connectivity index (χ3n) is 5.56. The van der Waals surface area contributed by atoms with E-state index in [-0.39, 0.29) is 33.8 Å². The number of fused-ring (bicyclic) bond motifs is 1. The molecule has 170 valence electrons. The maximum atomic E-state index is 14.3. The zero-order valence-corrected chi connectivity index (χ0v) is 18.5. The minimum absolute atomic E-state index is 0.0703. The first kappa shape index (κ1) is 22.7. The molecule has 2 aromatic carbocycles. The van der Waals surface area contributed by atoms with Crippen LogP contribution in [0.3, 0.4) is 0 Å². The summed E-state index contributed by atoms with van der Waals surface area (Å²) in [5, 5.41) is 6.77. The average molecular weight is 487 g/mol. The smallest absolute Gasteiger partial charge is 0.435 e. The van der Waals surface area contributed by atoms with Gasteiger partial charge in [0.1, 0.15) is 5.75 Å². The molecular formula is C22H19Cl2F3N2O3. The lowest BCUT2D eigenvalue weighted by molar-refractivity contribution is -0.275. The van der Waals surface area contributed by atoms with Crippen molar-refractivity contribution >= 4 is 34.8 Å². The lowest BCUT2D eigenvalue weighted by atomic mass is 9.85. The summed E-state index contributed by atoms with van der Waals surface area (Å²) in [7, 11) is 0. The van der Waals surface area contributed by atoms with Gasteiger partial charge in [0.05, 0.1) is 12.3 Å². The van der Waals surface area contributed by atoms with Crippen molar-refractivity contribution in [3.8, 4) is 5.75 Å². The molecule has 2 heterocycles. The number of halogens is 5. The number of carbonyl (C=O) groups excluding carboxylic acids is 1. The number of oxime groups is 1. The standard InChI is InChI=1S/C22H19Cl2F3N2O3/c1-2-19(30)28-11-12-3-4-16(17-5-6-31-20(12)17)18-10-21(32-29-18,22(25,26)27)13-7-14(23)9-15(24)8-13/h3-4,7-9H,2,5-6,10-11H2,1H3,(H,28,30)/t21-/m0/s1. The number of amides is 1. The summed E-state index contributed by atoms with van der Waals surface area (Å²) in [5.41, 5.74) is -0.722. The van der Waals surface area contributed by atoms with Crippen LogP contribution in [0.2, 0.25) is 10.0 Å². The minimum atomic E-state index is -4.77. The van der Waals surface area contributed by atoms with Crippen molar-refractivity contribution in [1.29, 1.82) is 0 Å². The van der Waals surface area contributed by atoms with Crippen LogP contribution in [0.25, 0.3) is 0 Å². The molecule has 1 atom stereocenters. The van der Waals surface area contributed by atoms with E-state index in [1.807, 2.05) is 0 Å². The molecule has 0 aliphatic carbocycles. The van der Waals surface area contributed by atoms with E-state index in [1.165, 1.54) is 18.2 Å². The molecule has 0 radical (unpaired) electrons. The van der Waals surface area contributed by atoms with Crippen LogP contribution in [0.15, 0.2) is 35.5 Å². The average Bonchev–Trinajstić information content (AvgIpc) is 3.39. The molecule has 0 saturated heterocycles. The second kappa shape index (κ2) is 8.48. The normalized spacial score (nSPS) is 19.8. The predicted molar refractivity (Wildman–Crippen MR) is 114 cm³/mol. The molecule has 2 aliphatic heterocycles. The van der Waals surface area contributed by atoms with Gasteiger partial charge in [-0.15, -0.1) is 0 Å². The number of ether oxygens (including phenoxy) is 1. The van der Waals surface area contributed by atoms with E-state index in [1.54, 1.807) is 19.1 Å². The second-order valence-electron chi connectivity index (χ2n) is 7.60. The van der Waals surface area contributed by atoms with Gasteiger partial charge in [0.2, 0.25) is 5.91 Å². The minimum Gasteiger partial charge on any atom is -0.493 e. The maximum absolute atomic E-state index is 14.3. The Balaban J connectivity index is 1.69. The Bertz CT molecular complexity index is 1080. The lowest BCUT2D eigenvalue weighted by Gasteiger charge is -2.29. The molecule has 0 saturated carbocycles. The summed E-state index contributed by atoms with van der Waals surface area (Å²) in [6.45, 7) is 2.41. The monoisotopic (exact) mass is 486 g/mol. The summed E-state index contributed by atoms with van der Waals surface area (Å²) in [6, 6.07) is 7.15. The Morgan fingerprint density at radius 2 is 1.94 bits per heavy atom. The Morgan fingerprint density at radius 1 is 1.22 bits per heavy atom. The summed E-state index contributed by atoms with van der Waals surface area (Å²) < 4.78 is 48.5. The highest BCUT2D eigenvalue weighted by Gasteiger charge is 2.62. The quantitative estimate of drug-likeness (QED) is 0.603. The predicted octanol–water partition coefficient (Wildman–Crippen LogP) is 5.54. The summed E-state index contributed by atoms with van der Waals surface area (Å²) >= 11 is 11.9. The van der Waals surface area contributed by atoms with Gasteiger partial charge >= 0.3 is 6.18 Å². The van der Waals surface area contributed by atoms with Crippen LogP contribution in [0.4, 0.5) is 13.2 Å². The van der Waals surface area contributed by atoms with Gasteiger partial charge in [-0.05, 0) is 18.2 Å². The van der Waals surface area contributed by atoms with Crippen molar-refractivity contribution in [1.82, 2.24) is 5.32 Å². The number of benzene rings is 2. The fraction of sp³-hybridized carbons (Fsp3) is 0.364. The van der Waals surface area contributed by atoms with Crippen LogP contribution in [0, 0.1) is 0 Å². The Hall–Kier alpha value is -2.45. The van der Waals surface area contributed by atoms with Crippen LogP contribution in [-0.4, -0.2) is 24.4 Å². The number of nitrogens with one attached hydrogen (secondary N) is 1. The van der Waals surface area contributed by atoms with Crippen LogP contribution in [-0.2, 0) is 28.2 Å². The van der Waals surface area contributed by atoms with E-state index in [4.69, 9.17) is 32.8 Å². The Labute approximate surface area is 192 Å². The molecular weight excluding hydrogens is 468 g/mol. The molecule has 2 aromatic rings. The van der Waals surface area contributed by atoms with Crippen molar-refractivity contribution in [2.24, 2.45) is 5.16 Å². The van der Waals surface area contributed by atoms with Gasteiger partial charge in [-0.1, -0.05) is 47.4 Å². The highest BCUT2D eigenvalue weighted by Crippen LogP contribution is 2.50. The summed E-state index contributed by atoms with van der Waals surface area (Å²) in [4.78, 5) is 16.7. The molecule has 32 heavy (non-hydrogen) atoms. The SMILES string of the molecule is CCC(=O)NCc1ccc(C2=NO[C@@](c3cc(Cl)cc(Cl)c3)(C(F)(F)F)C2)c2c1OCC2. The largest absolute Gasteiger partial charge is 0.493 e.